The van der Waals surface area contributed by atoms with E-state index < -0.39 is 15.1 Å². The average Bonchev–Trinajstić information content (AvgIpc) is 2.73. The number of para-hydroxylation sites is 2. The average molecular weight is 457 g/mol. The van der Waals surface area contributed by atoms with Crippen molar-refractivity contribution in [3.8, 4) is 6.07 Å². The molecule has 3 atom stereocenters. The number of aromatic nitrogens is 2. The van der Waals surface area contributed by atoms with Gasteiger partial charge in [-0.2, -0.15) is 5.26 Å². The van der Waals surface area contributed by atoms with E-state index in [0.717, 1.165) is 0 Å². The number of anilines is 1. The highest BCUT2D eigenvalue weighted by molar-refractivity contribution is 7.92. The molecule has 31 heavy (non-hydrogen) atoms. The second-order valence-corrected chi connectivity index (χ2v) is 10.1. The van der Waals surface area contributed by atoms with Gasteiger partial charge in [-0.05, 0) is 50.2 Å². The van der Waals surface area contributed by atoms with Crippen molar-refractivity contribution < 1.29 is 13.2 Å². The Morgan fingerprint density at radius 1 is 1.06 bits per heavy atom. The highest BCUT2D eigenvalue weighted by Gasteiger charge is 2.36. The molecule has 7 nitrogen and oxygen atoms in total. The van der Waals surface area contributed by atoms with E-state index in [1.807, 2.05) is 36.9 Å². The van der Waals surface area contributed by atoms with Gasteiger partial charge in [-0.25, -0.2) is 18.4 Å². The zero-order chi connectivity index (χ0) is 22.2. The molecular weight excluding hydrogens is 436 g/mol. The first-order valence-electron chi connectivity index (χ1n) is 9.85. The SMILES string of the molecule is CC1CN(c2nc3ccccc3nc2C(C#N)S(=O)(=O)c2ccc(Cl)cc2)CC(C)O1. The predicted octanol–water partition coefficient (Wildman–Crippen LogP) is 3.94. The first-order chi connectivity index (χ1) is 14.8. The minimum atomic E-state index is -4.06. The molecule has 9 heteroatoms. The van der Waals surface area contributed by atoms with Crippen LogP contribution in [0.3, 0.4) is 0 Å². The Labute approximate surface area is 186 Å². The highest BCUT2D eigenvalue weighted by atomic mass is 35.5. The fourth-order valence-electron chi connectivity index (χ4n) is 3.80. The van der Waals surface area contributed by atoms with Crippen LogP contribution in [0.15, 0.2) is 53.4 Å². The molecular formula is C22H21ClN4O3S. The van der Waals surface area contributed by atoms with Crippen molar-refractivity contribution >= 4 is 38.3 Å². The number of hydrogen-bond donors (Lipinski definition) is 0. The van der Waals surface area contributed by atoms with Gasteiger partial charge in [-0.3, -0.25) is 0 Å². The third-order valence-electron chi connectivity index (χ3n) is 5.12. The number of hydrogen-bond acceptors (Lipinski definition) is 7. The van der Waals surface area contributed by atoms with Gasteiger partial charge in [0, 0.05) is 18.1 Å². The van der Waals surface area contributed by atoms with Crippen LogP contribution in [0, 0.1) is 11.3 Å². The van der Waals surface area contributed by atoms with E-state index in [-0.39, 0.29) is 22.8 Å². The van der Waals surface area contributed by atoms with Crippen molar-refractivity contribution in [3.05, 3.63) is 59.2 Å². The largest absolute Gasteiger partial charge is 0.372 e. The van der Waals surface area contributed by atoms with Crippen LogP contribution in [0.25, 0.3) is 11.0 Å². The quantitative estimate of drug-likeness (QED) is 0.586. The zero-order valence-electron chi connectivity index (χ0n) is 17.1. The predicted molar refractivity (Wildman–Crippen MR) is 119 cm³/mol. The Hall–Kier alpha value is -2.73. The monoisotopic (exact) mass is 456 g/mol. The Morgan fingerprint density at radius 2 is 1.65 bits per heavy atom. The molecule has 3 unspecified atom stereocenters. The van der Waals surface area contributed by atoms with Gasteiger partial charge in [0.1, 0.15) is 5.69 Å². The van der Waals surface area contributed by atoms with Crippen LogP contribution in [0.5, 0.6) is 0 Å². The van der Waals surface area contributed by atoms with Gasteiger partial charge in [0.25, 0.3) is 0 Å². The lowest BCUT2D eigenvalue weighted by Crippen LogP contribution is -2.46. The second kappa shape index (κ2) is 8.42. The fourth-order valence-corrected chi connectivity index (χ4v) is 5.31. The summed E-state index contributed by atoms with van der Waals surface area (Å²) in [5.41, 5.74) is 1.29. The summed E-state index contributed by atoms with van der Waals surface area (Å²) >= 11 is 5.91. The van der Waals surface area contributed by atoms with Crippen molar-refractivity contribution in [2.45, 2.75) is 36.2 Å². The Bertz CT molecular complexity index is 1250. The highest BCUT2D eigenvalue weighted by Crippen LogP contribution is 2.35. The smallest absolute Gasteiger partial charge is 0.200 e. The second-order valence-electron chi connectivity index (χ2n) is 7.59. The molecule has 0 radical (unpaired) electrons. The van der Waals surface area contributed by atoms with Crippen LogP contribution in [0.1, 0.15) is 24.8 Å². The first-order valence-corrected chi connectivity index (χ1v) is 11.8. The van der Waals surface area contributed by atoms with E-state index >= 15 is 0 Å². The van der Waals surface area contributed by atoms with Crippen LogP contribution < -0.4 is 4.90 Å². The van der Waals surface area contributed by atoms with Gasteiger partial charge < -0.3 is 9.64 Å². The third-order valence-corrected chi connectivity index (χ3v) is 7.25. The molecule has 0 saturated carbocycles. The van der Waals surface area contributed by atoms with Crippen molar-refractivity contribution in [1.29, 1.82) is 5.26 Å². The number of benzene rings is 2. The molecule has 4 rings (SSSR count). The van der Waals surface area contributed by atoms with E-state index in [0.29, 0.717) is 35.0 Å². The Morgan fingerprint density at radius 3 is 2.23 bits per heavy atom. The van der Waals surface area contributed by atoms with Gasteiger partial charge in [0.05, 0.1) is 34.2 Å². The number of halogens is 1. The summed E-state index contributed by atoms with van der Waals surface area (Å²) in [5, 5.41) is 8.86. The molecule has 1 aromatic heterocycles. The molecule has 2 heterocycles. The number of fused-ring (bicyclic) bond motifs is 1. The summed E-state index contributed by atoms with van der Waals surface area (Å²) in [6, 6.07) is 14.9. The van der Waals surface area contributed by atoms with Crippen molar-refractivity contribution in [1.82, 2.24) is 9.97 Å². The van der Waals surface area contributed by atoms with Crippen molar-refractivity contribution in [2.75, 3.05) is 18.0 Å². The number of ether oxygens (including phenoxy) is 1. The van der Waals surface area contributed by atoms with E-state index in [1.54, 1.807) is 12.1 Å². The van der Waals surface area contributed by atoms with E-state index in [9.17, 15) is 13.7 Å². The molecule has 0 aliphatic carbocycles. The van der Waals surface area contributed by atoms with Crippen molar-refractivity contribution in [2.24, 2.45) is 0 Å². The lowest BCUT2D eigenvalue weighted by Gasteiger charge is -2.37. The minimum absolute atomic E-state index is 0.00747. The van der Waals surface area contributed by atoms with E-state index in [4.69, 9.17) is 21.3 Å². The molecule has 1 aliphatic rings. The van der Waals surface area contributed by atoms with Crippen LogP contribution in [0.2, 0.25) is 5.02 Å². The number of rotatable bonds is 4. The van der Waals surface area contributed by atoms with Crippen LogP contribution in [-0.2, 0) is 14.6 Å². The Kier molecular flexibility index (Phi) is 5.84. The maximum absolute atomic E-state index is 13.4. The molecule has 0 amide bonds. The number of morpholine rings is 1. The normalized spacial score (nSPS) is 20.4. The van der Waals surface area contributed by atoms with E-state index in [2.05, 4.69) is 4.98 Å². The molecule has 0 N–H and O–H groups in total. The van der Waals surface area contributed by atoms with Crippen LogP contribution in [-0.4, -0.2) is 43.7 Å². The maximum atomic E-state index is 13.4. The molecule has 1 fully saturated rings. The minimum Gasteiger partial charge on any atom is -0.372 e. The Balaban J connectivity index is 1.90. The van der Waals surface area contributed by atoms with Crippen LogP contribution >= 0.6 is 11.6 Å². The zero-order valence-corrected chi connectivity index (χ0v) is 18.6. The van der Waals surface area contributed by atoms with Gasteiger partial charge >= 0.3 is 0 Å². The van der Waals surface area contributed by atoms with Gasteiger partial charge in [-0.1, -0.05) is 23.7 Å². The summed E-state index contributed by atoms with van der Waals surface area (Å²) < 4.78 is 32.6. The molecule has 160 valence electrons. The van der Waals surface area contributed by atoms with E-state index in [1.165, 1.54) is 24.3 Å². The lowest BCUT2D eigenvalue weighted by molar-refractivity contribution is -0.00550. The number of nitriles is 1. The fraction of sp³-hybridized carbons (Fsp3) is 0.318. The van der Waals surface area contributed by atoms with Gasteiger partial charge in [0.15, 0.2) is 11.1 Å². The summed E-state index contributed by atoms with van der Waals surface area (Å²) in [6.07, 6.45) is -0.142. The summed E-state index contributed by atoms with van der Waals surface area (Å²) in [5.74, 6) is 0.393. The molecule has 2 aromatic carbocycles. The standard InChI is InChI=1S/C22H21ClN4O3S/c1-14-12-27(13-15(2)30-14)22-21(25-18-5-3-4-6-19(18)26-22)20(11-24)31(28,29)17-9-7-16(23)8-10-17/h3-10,14-15,20H,12-13H2,1-2H3. The topological polar surface area (TPSA) is 96.2 Å². The van der Waals surface area contributed by atoms with Crippen LogP contribution in [0.4, 0.5) is 5.82 Å². The van der Waals surface area contributed by atoms with Gasteiger partial charge in [-0.15, -0.1) is 0 Å². The molecule has 1 aliphatic heterocycles. The first kappa shape index (κ1) is 21.5. The summed E-state index contributed by atoms with van der Waals surface area (Å²) in [4.78, 5) is 11.3. The number of nitrogens with zero attached hydrogens (tertiary/aromatic N) is 4. The molecule has 0 bridgehead atoms. The molecule has 1 saturated heterocycles. The molecule has 3 aromatic rings. The molecule has 0 spiro atoms. The van der Waals surface area contributed by atoms with Gasteiger partial charge in [0.2, 0.25) is 9.84 Å². The lowest BCUT2D eigenvalue weighted by atomic mass is 10.2. The van der Waals surface area contributed by atoms with Crippen molar-refractivity contribution in [3.63, 3.8) is 0 Å². The third kappa shape index (κ3) is 4.22. The number of sulfone groups is 1. The summed E-state index contributed by atoms with van der Waals surface area (Å²) in [6.45, 7) is 4.93. The summed E-state index contributed by atoms with van der Waals surface area (Å²) in [7, 11) is -4.06. The maximum Gasteiger partial charge on any atom is 0.200 e.